The molecule has 0 aliphatic heterocycles. The number of ether oxygens (including phenoxy) is 2. The Morgan fingerprint density at radius 1 is 1.37 bits per heavy atom. The van der Waals surface area contributed by atoms with E-state index in [2.05, 4.69) is 20.8 Å². The molecule has 1 heterocycles. The van der Waals surface area contributed by atoms with E-state index in [1.165, 1.54) is 16.0 Å². The van der Waals surface area contributed by atoms with Crippen LogP contribution < -0.4 is 9.47 Å². The molecule has 30 heavy (non-hydrogen) atoms. The Kier molecular flexibility index (Phi) is 5.90. The molecule has 2 aliphatic rings. The van der Waals surface area contributed by atoms with E-state index in [1.807, 2.05) is 12.1 Å². The third kappa shape index (κ3) is 3.65. The van der Waals surface area contributed by atoms with Gasteiger partial charge in [-0.15, -0.1) is 11.3 Å². The van der Waals surface area contributed by atoms with E-state index in [9.17, 15) is 4.79 Å². The molecule has 0 saturated heterocycles. The van der Waals surface area contributed by atoms with Gasteiger partial charge in [0, 0.05) is 24.3 Å². The molecule has 1 aromatic carbocycles. The second-order valence-corrected chi connectivity index (χ2v) is 10.6. The van der Waals surface area contributed by atoms with Crippen LogP contribution in [0.25, 0.3) is 0 Å². The molecule has 0 unspecified atom stereocenters. The molecular weight excluding hydrogens is 420 g/mol. The van der Waals surface area contributed by atoms with Gasteiger partial charge in [-0.25, -0.2) is 0 Å². The Labute approximate surface area is 187 Å². The SMILES string of the molecule is COc1cc(CCC(=O)c2sc(C)c3c2C[C@@H]2[C@H]3C2(C)C)cc(Cl)c1OCCCO. The fourth-order valence-electron chi connectivity index (χ4n) is 5.02. The number of halogens is 1. The number of thiophene rings is 1. The largest absolute Gasteiger partial charge is 0.493 e. The Balaban J connectivity index is 1.46. The Morgan fingerprint density at radius 2 is 2.13 bits per heavy atom. The maximum absolute atomic E-state index is 13.1. The van der Waals surface area contributed by atoms with E-state index in [1.54, 1.807) is 18.4 Å². The van der Waals surface area contributed by atoms with Crippen molar-refractivity contribution in [1.82, 2.24) is 0 Å². The summed E-state index contributed by atoms with van der Waals surface area (Å²) >= 11 is 8.08. The smallest absolute Gasteiger partial charge is 0.179 e. The van der Waals surface area contributed by atoms with Gasteiger partial charge in [-0.3, -0.25) is 4.79 Å². The monoisotopic (exact) mass is 448 g/mol. The fourth-order valence-corrected chi connectivity index (χ4v) is 6.51. The lowest BCUT2D eigenvalue weighted by molar-refractivity contribution is 0.0985. The molecule has 0 bridgehead atoms. The number of benzene rings is 1. The quantitative estimate of drug-likeness (QED) is 0.401. The summed E-state index contributed by atoms with van der Waals surface area (Å²) < 4.78 is 11.1. The third-order valence-electron chi connectivity index (χ3n) is 6.75. The van der Waals surface area contributed by atoms with E-state index in [-0.39, 0.29) is 12.4 Å². The van der Waals surface area contributed by atoms with Gasteiger partial charge in [0.15, 0.2) is 17.3 Å². The van der Waals surface area contributed by atoms with E-state index >= 15 is 0 Å². The summed E-state index contributed by atoms with van der Waals surface area (Å²) in [7, 11) is 1.57. The average molecular weight is 449 g/mol. The first-order chi connectivity index (χ1) is 14.3. The molecule has 4 nitrogen and oxygen atoms in total. The number of Topliss-reactive ketones (excluding diaryl/α,β-unsaturated/α-hetero) is 1. The van der Waals surface area contributed by atoms with Crippen LogP contribution in [0.1, 0.15) is 63.8 Å². The van der Waals surface area contributed by atoms with Gasteiger partial charge in [0.05, 0.1) is 23.6 Å². The molecule has 0 radical (unpaired) electrons. The fraction of sp³-hybridized carbons (Fsp3) is 0.542. The zero-order chi connectivity index (χ0) is 21.6. The van der Waals surface area contributed by atoms with Gasteiger partial charge in [-0.1, -0.05) is 25.4 Å². The van der Waals surface area contributed by atoms with Crippen LogP contribution in [0.5, 0.6) is 11.5 Å². The minimum absolute atomic E-state index is 0.0605. The Morgan fingerprint density at radius 3 is 2.83 bits per heavy atom. The summed E-state index contributed by atoms with van der Waals surface area (Å²) in [6.07, 6.45) is 2.64. The number of hydrogen-bond acceptors (Lipinski definition) is 5. The lowest BCUT2D eigenvalue weighted by Crippen LogP contribution is -2.06. The van der Waals surface area contributed by atoms with Crippen molar-refractivity contribution in [2.75, 3.05) is 20.3 Å². The van der Waals surface area contributed by atoms with Crippen LogP contribution in [0.3, 0.4) is 0 Å². The highest BCUT2D eigenvalue weighted by Gasteiger charge is 2.63. The van der Waals surface area contributed by atoms with Crippen molar-refractivity contribution in [3.8, 4) is 11.5 Å². The van der Waals surface area contributed by atoms with E-state index < -0.39 is 0 Å². The molecule has 1 aromatic heterocycles. The predicted molar refractivity (Wildman–Crippen MR) is 121 cm³/mol. The number of methoxy groups -OCH3 is 1. The predicted octanol–water partition coefficient (Wildman–Crippen LogP) is 5.59. The number of fused-ring (bicyclic) bond motifs is 3. The zero-order valence-electron chi connectivity index (χ0n) is 18.0. The van der Waals surface area contributed by atoms with Crippen molar-refractivity contribution in [3.63, 3.8) is 0 Å². The lowest BCUT2D eigenvalue weighted by Gasteiger charge is -2.14. The molecule has 0 amide bonds. The molecule has 1 fully saturated rings. The van der Waals surface area contributed by atoms with Gasteiger partial charge in [-0.05, 0) is 65.8 Å². The molecule has 0 spiro atoms. The Hall–Kier alpha value is -1.56. The molecule has 2 atom stereocenters. The van der Waals surface area contributed by atoms with Crippen LogP contribution in [-0.4, -0.2) is 31.2 Å². The van der Waals surface area contributed by atoms with E-state index in [0.717, 1.165) is 16.9 Å². The number of ketones is 1. The van der Waals surface area contributed by atoms with Crippen LogP contribution in [0.15, 0.2) is 12.1 Å². The molecule has 2 aromatic rings. The number of carbonyl (C=O) groups excluding carboxylic acids is 1. The molecular formula is C24H29ClO4S. The summed E-state index contributed by atoms with van der Waals surface area (Å²) in [5.74, 6) is 2.62. The highest BCUT2D eigenvalue weighted by molar-refractivity contribution is 7.14. The highest BCUT2D eigenvalue weighted by Crippen LogP contribution is 2.71. The standard InChI is InChI=1S/C24H29ClO4S/c1-13-20-15(12-16-21(20)24(16,2)3)23(30-13)18(27)7-6-14-10-17(25)22(19(11-14)28-4)29-9-5-8-26/h10-11,16,21,26H,5-9,12H2,1-4H3/t16-,21-/m1/s1. The van der Waals surface area contributed by atoms with Gasteiger partial charge in [-0.2, -0.15) is 0 Å². The van der Waals surface area contributed by atoms with E-state index in [4.69, 9.17) is 26.2 Å². The minimum atomic E-state index is 0.0605. The van der Waals surface area contributed by atoms with Crippen molar-refractivity contribution in [2.45, 2.75) is 52.4 Å². The van der Waals surface area contributed by atoms with Gasteiger partial charge in [0.1, 0.15) is 0 Å². The second kappa shape index (κ2) is 8.18. The molecule has 162 valence electrons. The average Bonchev–Trinajstić information content (AvgIpc) is 3.04. The summed E-state index contributed by atoms with van der Waals surface area (Å²) in [6, 6.07) is 3.72. The summed E-state index contributed by atoms with van der Waals surface area (Å²) in [5, 5.41) is 9.39. The lowest BCUT2D eigenvalue weighted by atomic mass is 9.94. The Bertz CT molecular complexity index is 978. The first-order valence-corrected chi connectivity index (χ1v) is 11.7. The number of rotatable bonds is 9. The third-order valence-corrected chi connectivity index (χ3v) is 8.24. The van der Waals surface area contributed by atoms with Gasteiger partial charge < -0.3 is 14.6 Å². The van der Waals surface area contributed by atoms with Gasteiger partial charge in [0.25, 0.3) is 0 Å². The highest BCUT2D eigenvalue weighted by atomic mass is 35.5. The molecule has 1 saturated carbocycles. The number of aliphatic hydroxyl groups excluding tert-OH is 1. The molecule has 1 N–H and O–H groups in total. The van der Waals surface area contributed by atoms with E-state index in [0.29, 0.717) is 59.6 Å². The minimum Gasteiger partial charge on any atom is -0.493 e. The van der Waals surface area contributed by atoms with Gasteiger partial charge in [0.2, 0.25) is 0 Å². The summed E-state index contributed by atoms with van der Waals surface area (Å²) in [5.41, 5.74) is 4.13. The second-order valence-electron chi connectivity index (χ2n) is 8.95. The normalized spacial score (nSPS) is 20.6. The number of aryl methyl sites for hydroxylation is 2. The zero-order valence-corrected chi connectivity index (χ0v) is 19.6. The number of aliphatic hydroxyl groups is 1. The first kappa shape index (κ1) is 21.7. The van der Waals surface area contributed by atoms with Crippen LogP contribution in [-0.2, 0) is 12.8 Å². The van der Waals surface area contributed by atoms with Crippen molar-refractivity contribution < 1.29 is 19.4 Å². The molecule has 2 aliphatic carbocycles. The first-order valence-electron chi connectivity index (χ1n) is 10.5. The van der Waals surface area contributed by atoms with Crippen molar-refractivity contribution in [3.05, 3.63) is 43.6 Å². The number of hydrogen-bond donors (Lipinski definition) is 1. The maximum atomic E-state index is 13.1. The topological polar surface area (TPSA) is 55.8 Å². The van der Waals surface area contributed by atoms with Crippen LogP contribution >= 0.6 is 22.9 Å². The maximum Gasteiger partial charge on any atom is 0.179 e. The van der Waals surface area contributed by atoms with Crippen LogP contribution in [0.4, 0.5) is 0 Å². The summed E-state index contributed by atoms with van der Waals surface area (Å²) in [4.78, 5) is 15.3. The molecule has 6 heteroatoms. The van der Waals surface area contributed by atoms with Crippen LogP contribution in [0.2, 0.25) is 5.02 Å². The van der Waals surface area contributed by atoms with Crippen LogP contribution in [0, 0.1) is 18.3 Å². The van der Waals surface area contributed by atoms with Gasteiger partial charge >= 0.3 is 0 Å². The molecule has 4 rings (SSSR count). The van der Waals surface area contributed by atoms with Crippen molar-refractivity contribution in [2.24, 2.45) is 11.3 Å². The van der Waals surface area contributed by atoms with Crippen molar-refractivity contribution in [1.29, 1.82) is 0 Å². The summed E-state index contributed by atoms with van der Waals surface area (Å²) in [6.45, 7) is 7.28. The van der Waals surface area contributed by atoms with Crippen molar-refractivity contribution >= 4 is 28.7 Å². The number of carbonyl (C=O) groups is 1.